The topological polar surface area (TPSA) is 52.6 Å². The van der Waals surface area contributed by atoms with Gasteiger partial charge in [0.05, 0.1) is 0 Å². The number of carbonyl (C=O) groups is 1. The maximum Gasteiger partial charge on any atom is 0.323 e. The van der Waals surface area contributed by atoms with E-state index < -0.39 is 11.5 Å². The van der Waals surface area contributed by atoms with E-state index in [1.807, 2.05) is 18.0 Å². The molecule has 1 atom stereocenters. The number of hydrogen-bond donors (Lipinski definition) is 2. The molecule has 1 aromatic carbocycles. The Morgan fingerprint density at radius 1 is 1.45 bits per heavy atom. The van der Waals surface area contributed by atoms with Crippen LogP contribution < -0.4 is 10.2 Å². The van der Waals surface area contributed by atoms with Gasteiger partial charge in [-0.1, -0.05) is 6.07 Å². The quantitative estimate of drug-likeness (QED) is 0.719. The maximum atomic E-state index is 13.1. The van der Waals surface area contributed by atoms with E-state index >= 15 is 0 Å². The third kappa shape index (κ3) is 4.49. The monoisotopic (exact) mass is 282 g/mol. The van der Waals surface area contributed by atoms with Crippen molar-refractivity contribution < 1.29 is 14.3 Å². The molecule has 0 aliphatic heterocycles. The molecule has 4 nitrogen and oxygen atoms in total. The van der Waals surface area contributed by atoms with E-state index in [9.17, 15) is 9.18 Å². The van der Waals surface area contributed by atoms with E-state index in [-0.39, 0.29) is 5.82 Å². The predicted octanol–water partition coefficient (Wildman–Crippen LogP) is 2.49. The van der Waals surface area contributed by atoms with Crippen LogP contribution in [0.1, 0.15) is 26.2 Å². The number of hydrogen-bond acceptors (Lipinski definition) is 3. The summed E-state index contributed by atoms with van der Waals surface area (Å²) in [5.41, 5.74) is -0.0446. The molecule has 0 saturated carbocycles. The molecule has 0 spiro atoms. The number of likely N-dealkylation sites (N-methyl/N-ethyl adjacent to an activating group) is 1. The van der Waals surface area contributed by atoms with E-state index in [2.05, 4.69) is 5.32 Å². The summed E-state index contributed by atoms with van der Waals surface area (Å²) in [6, 6.07) is 6.46. The number of carboxylic acids is 1. The van der Waals surface area contributed by atoms with Gasteiger partial charge in [-0.25, -0.2) is 4.39 Å². The standard InChI is InChI=1S/C15H23FN2O2/c1-15(17-2,14(19)20)9-4-5-10-18(3)13-8-6-7-12(16)11-13/h6-8,11,17H,4-5,9-10H2,1-3H3,(H,19,20). The van der Waals surface area contributed by atoms with E-state index in [1.54, 1.807) is 20.0 Å². The van der Waals surface area contributed by atoms with Crippen molar-refractivity contribution in [3.05, 3.63) is 30.1 Å². The van der Waals surface area contributed by atoms with E-state index in [4.69, 9.17) is 5.11 Å². The maximum absolute atomic E-state index is 13.1. The highest BCUT2D eigenvalue weighted by atomic mass is 19.1. The fraction of sp³-hybridized carbons (Fsp3) is 0.533. The summed E-state index contributed by atoms with van der Waals surface area (Å²) in [4.78, 5) is 13.1. The summed E-state index contributed by atoms with van der Waals surface area (Å²) in [6.07, 6.45) is 2.22. The molecule has 2 N–H and O–H groups in total. The third-order valence-electron chi connectivity index (χ3n) is 3.69. The highest BCUT2D eigenvalue weighted by Crippen LogP contribution is 2.17. The Morgan fingerprint density at radius 2 is 2.15 bits per heavy atom. The first-order valence-corrected chi connectivity index (χ1v) is 6.78. The van der Waals surface area contributed by atoms with Crippen molar-refractivity contribution in [2.75, 3.05) is 25.5 Å². The van der Waals surface area contributed by atoms with Crippen molar-refractivity contribution in [3.63, 3.8) is 0 Å². The number of halogens is 1. The number of carboxylic acid groups (broad SMARTS) is 1. The van der Waals surface area contributed by atoms with Gasteiger partial charge in [0.25, 0.3) is 0 Å². The van der Waals surface area contributed by atoms with Gasteiger partial charge in [-0.05, 0) is 51.4 Å². The Labute approximate surface area is 119 Å². The molecule has 1 rings (SSSR count). The molecule has 0 heterocycles. The summed E-state index contributed by atoms with van der Waals surface area (Å²) in [5.74, 6) is -1.08. The van der Waals surface area contributed by atoms with Crippen molar-refractivity contribution in [1.29, 1.82) is 0 Å². The molecule has 0 amide bonds. The second-order valence-corrected chi connectivity index (χ2v) is 5.25. The number of rotatable bonds is 8. The van der Waals surface area contributed by atoms with Crippen LogP contribution in [0.2, 0.25) is 0 Å². The second-order valence-electron chi connectivity index (χ2n) is 5.25. The first-order chi connectivity index (χ1) is 9.39. The van der Waals surface area contributed by atoms with Crippen LogP contribution in [0.3, 0.4) is 0 Å². The zero-order valence-corrected chi connectivity index (χ0v) is 12.3. The van der Waals surface area contributed by atoms with Gasteiger partial charge >= 0.3 is 5.97 Å². The van der Waals surface area contributed by atoms with Crippen LogP contribution in [-0.2, 0) is 4.79 Å². The average Bonchev–Trinajstić information content (AvgIpc) is 2.42. The molecule has 0 fully saturated rings. The largest absolute Gasteiger partial charge is 0.480 e. The van der Waals surface area contributed by atoms with Gasteiger partial charge in [0, 0.05) is 19.3 Å². The van der Waals surface area contributed by atoms with Crippen LogP contribution in [0, 0.1) is 5.82 Å². The highest BCUT2D eigenvalue weighted by Gasteiger charge is 2.30. The van der Waals surface area contributed by atoms with Crippen LogP contribution in [0.25, 0.3) is 0 Å². The van der Waals surface area contributed by atoms with Gasteiger partial charge in [-0.15, -0.1) is 0 Å². The molecule has 112 valence electrons. The van der Waals surface area contributed by atoms with Crippen LogP contribution in [0.15, 0.2) is 24.3 Å². The molecule has 1 unspecified atom stereocenters. The molecular formula is C15H23FN2O2. The Hall–Kier alpha value is -1.62. The molecule has 0 aromatic heterocycles. The molecular weight excluding hydrogens is 259 g/mol. The zero-order valence-electron chi connectivity index (χ0n) is 12.3. The smallest absolute Gasteiger partial charge is 0.323 e. The lowest BCUT2D eigenvalue weighted by molar-refractivity contribution is -0.144. The van der Waals surface area contributed by atoms with Crippen LogP contribution >= 0.6 is 0 Å². The molecule has 1 aromatic rings. The van der Waals surface area contributed by atoms with Crippen LogP contribution in [0.4, 0.5) is 10.1 Å². The van der Waals surface area contributed by atoms with Gasteiger partial charge in [-0.2, -0.15) is 0 Å². The van der Waals surface area contributed by atoms with Gasteiger partial charge in [0.1, 0.15) is 11.4 Å². The van der Waals surface area contributed by atoms with Crippen LogP contribution in [0.5, 0.6) is 0 Å². The fourth-order valence-corrected chi connectivity index (χ4v) is 2.01. The summed E-state index contributed by atoms with van der Waals surface area (Å²) in [6.45, 7) is 2.45. The molecule has 0 aliphatic carbocycles. The van der Waals surface area contributed by atoms with Crippen molar-refractivity contribution in [2.45, 2.75) is 31.7 Å². The molecule has 0 aliphatic rings. The van der Waals surface area contributed by atoms with Crippen LogP contribution in [-0.4, -0.2) is 37.3 Å². The van der Waals surface area contributed by atoms with Crippen molar-refractivity contribution in [3.8, 4) is 0 Å². The second kappa shape index (κ2) is 7.24. The Morgan fingerprint density at radius 3 is 2.70 bits per heavy atom. The first kappa shape index (κ1) is 16.4. The third-order valence-corrected chi connectivity index (χ3v) is 3.69. The summed E-state index contributed by atoms with van der Waals surface area (Å²) >= 11 is 0. The normalized spacial score (nSPS) is 13.8. The number of benzene rings is 1. The van der Waals surface area contributed by atoms with Crippen molar-refractivity contribution in [2.24, 2.45) is 0 Å². The molecule has 5 heteroatoms. The van der Waals surface area contributed by atoms with Gasteiger partial charge in [0.2, 0.25) is 0 Å². The number of anilines is 1. The number of nitrogens with one attached hydrogen (secondary N) is 1. The fourth-order valence-electron chi connectivity index (χ4n) is 2.01. The summed E-state index contributed by atoms with van der Waals surface area (Å²) in [5, 5.41) is 12.0. The summed E-state index contributed by atoms with van der Waals surface area (Å²) < 4.78 is 13.1. The Bertz CT molecular complexity index is 453. The Balaban J connectivity index is 2.39. The lowest BCUT2D eigenvalue weighted by Crippen LogP contribution is -2.47. The lowest BCUT2D eigenvalue weighted by Gasteiger charge is -2.25. The lowest BCUT2D eigenvalue weighted by atomic mass is 9.95. The number of aliphatic carboxylic acids is 1. The number of unbranched alkanes of at least 4 members (excludes halogenated alkanes) is 1. The van der Waals surface area contributed by atoms with Gasteiger partial charge in [0.15, 0.2) is 0 Å². The minimum absolute atomic E-state index is 0.247. The SMILES string of the molecule is CNC(C)(CCCCN(C)c1cccc(F)c1)C(=O)O. The highest BCUT2D eigenvalue weighted by molar-refractivity contribution is 5.78. The van der Waals surface area contributed by atoms with Gasteiger partial charge < -0.3 is 15.3 Å². The summed E-state index contributed by atoms with van der Waals surface area (Å²) in [7, 11) is 3.57. The molecule has 0 saturated heterocycles. The molecule has 0 radical (unpaired) electrons. The first-order valence-electron chi connectivity index (χ1n) is 6.78. The van der Waals surface area contributed by atoms with E-state index in [0.29, 0.717) is 6.42 Å². The minimum atomic E-state index is -0.878. The van der Waals surface area contributed by atoms with E-state index in [0.717, 1.165) is 25.1 Å². The van der Waals surface area contributed by atoms with Crippen molar-refractivity contribution in [1.82, 2.24) is 5.32 Å². The van der Waals surface area contributed by atoms with Crippen molar-refractivity contribution >= 4 is 11.7 Å². The molecule has 20 heavy (non-hydrogen) atoms. The number of nitrogens with zero attached hydrogens (tertiary/aromatic N) is 1. The zero-order chi connectivity index (χ0) is 15.2. The van der Waals surface area contributed by atoms with E-state index in [1.165, 1.54) is 12.1 Å². The molecule has 0 bridgehead atoms. The minimum Gasteiger partial charge on any atom is -0.480 e. The Kier molecular flexibility index (Phi) is 5.95. The average molecular weight is 282 g/mol. The van der Waals surface area contributed by atoms with Gasteiger partial charge in [-0.3, -0.25) is 4.79 Å². The predicted molar refractivity (Wildman–Crippen MR) is 78.6 cm³/mol.